The summed E-state index contributed by atoms with van der Waals surface area (Å²) in [5.41, 5.74) is 8.44. The number of rotatable bonds is 3. The summed E-state index contributed by atoms with van der Waals surface area (Å²) in [5.74, 6) is -0.184. The molecule has 98 valence electrons. The molecule has 1 aromatic carbocycles. The number of amides is 1. The summed E-state index contributed by atoms with van der Waals surface area (Å²) in [7, 11) is 0. The SMILES string of the molecule is Cc1c(N)cc(Br)cc1C(=O)NCc1cccnn1. The van der Waals surface area contributed by atoms with Gasteiger partial charge in [-0.2, -0.15) is 10.2 Å². The maximum absolute atomic E-state index is 12.1. The van der Waals surface area contributed by atoms with E-state index in [-0.39, 0.29) is 5.91 Å². The summed E-state index contributed by atoms with van der Waals surface area (Å²) >= 11 is 3.33. The fourth-order valence-electron chi connectivity index (χ4n) is 1.63. The molecule has 19 heavy (non-hydrogen) atoms. The van der Waals surface area contributed by atoms with Crippen molar-refractivity contribution >= 4 is 27.5 Å². The Kier molecular flexibility index (Phi) is 4.11. The first-order chi connectivity index (χ1) is 9.08. The van der Waals surface area contributed by atoms with Crippen molar-refractivity contribution < 1.29 is 4.79 Å². The molecular formula is C13H13BrN4O. The van der Waals surface area contributed by atoms with Crippen LogP contribution in [0.1, 0.15) is 21.6 Å². The summed E-state index contributed by atoms with van der Waals surface area (Å²) in [4.78, 5) is 12.1. The lowest BCUT2D eigenvalue weighted by molar-refractivity contribution is 0.0949. The van der Waals surface area contributed by atoms with Crippen LogP contribution in [-0.2, 0) is 6.54 Å². The Morgan fingerprint density at radius 2 is 2.26 bits per heavy atom. The van der Waals surface area contributed by atoms with Crippen LogP contribution in [0.25, 0.3) is 0 Å². The van der Waals surface area contributed by atoms with E-state index in [4.69, 9.17) is 5.73 Å². The topological polar surface area (TPSA) is 80.9 Å². The van der Waals surface area contributed by atoms with Crippen LogP contribution in [0.2, 0.25) is 0 Å². The van der Waals surface area contributed by atoms with Crippen molar-refractivity contribution in [2.24, 2.45) is 0 Å². The molecule has 2 aromatic rings. The monoisotopic (exact) mass is 320 g/mol. The van der Waals surface area contributed by atoms with Crippen LogP contribution in [0, 0.1) is 6.92 Å². The number of halogens is 1. The molecule has 0 aliphatic carbocycles. The van der Waals surface area contributed by atoms with Gasteiger partial charge in [-0.15, -0.1) is 0 Å². The second kappa shape index (κ2) is 5.79. The molecule has 6 heteroatoms. The van der Waals surface area contributed by atoms with Crippen LogP contribution in [-0.4, -0.2) is 16.1 Å². The average Bonchev–Trinajstić information content (AvgIpc) is 2.41. The van der Waals surface area contributed by atoms with Crippen LogP contribution in [0.5, 0.6) is 0 Å². The van der Waals surface area contributed by atoms with E-state index in [9.17, 15) is 4.79 Å². The van der Waals surface area contributed by atoms with Crippen LogP contribution < -0.4 is 11.1 Å². The predicted molar refractivity (Wildman–Crippen MR) is 76.5 cm³/mol. The molecule has 0 saturated heterocycles. The standard InChI is InChI=1S/C13H13BrN4O/c1-8-11(5-9(14)6-12(8)15)13(19)16-7-10-3-2-4-17-18-10/h2-6H,7,15H2,1H3,(H,16,19). The number of carbonyl (C=O) groups is 1. The van der Waals surface area contributed by atoms with Gasteiger partial charge in [0.05, 0.1) is 12.2 Å². The number of nitrogens with zero attached hydrogens (tertiary/aromatic N) is 2. The summed E-state index contributed by atoms with van der Waals surface area (Å²) < 4.78 is 0.778. The Labute approximate surface area is 119 Å². The minimum absolute atomic E-state index is 0.184. The Morgan fingerprint density at radius 3 is 2.95 bits per heavy atom. The number of nitrogen functional groups attached to an aromatic ring is 1. The maximum Gasteiger partial charge on any atom is 0.251 e. The summed E-state index contributed by atoms with van der Waals surface area (Å²) in [5, 5.41) is 10.4. The third kappa shape index (κ3) is 3.29. The number of carbonyl (C=O) groups excluding carboxylic acids is 1. The van der Waals surface area contributed by atoms with E-state index >= 15 is 0 Å². The first-order valence-corrected chi connectivity index (χ1v) is 6.47. The van der Waals surface area contributed by atoms with Crippen LogP contribution >= 0.6 is 15.9 Å². The number of anilines is 1. The average molecular weight is 321 g/mol. The van der Waals surface area contributed by atoms with Crippen molar-refractivity contribution in [2.45, 2.75) is 13.5 Å². The zero-order valence-electron chi connectivity index (χ0n) is 10.4. The molecule has 0 atom stereocenters. The zero-order valence-corrected chi connectivity index (χ0v) is 11.9. The van der Waals surface area contributed by atoms with E-state index in [2.05, 4.69) is 31.4 Å². The van der Waals surface area contributed by atoms with Crippen LogP contribution in [0.4, 0.5) is 5.69 Å². The van der Waals surface area contributed by atoms with Gasteiger partial charge in [0.25, 0.3) is 5.91 Å². The minimum Gasteiger partial charge on any atom is -0.398 e. The van der Waals surface area contributed by atoms with Crippen LogP contribution in [0.3, 0.4) is 0 Å². The second-order valence-electron chi connectivity index (χ2n) is 4.07. The molecule has 0 fully saturated rings. The van der Waals surface area contributed by atoms with Crippen molar-refractivity contribution in [1.29, 1.82) is 0 Å². The fourth-order valence-corrected chi connectivity index (χ4v) is 2.11. The smallest absolute Gasteiger partial charge is 0.251 e. The number of hydrogen-bond acceptors (Lipinski definition) is 4. The second-order valence-corrected chi connectivity index (χ2v) is 4.98. The number of nitrogens with one attached hydrogen (secondary N) is 1. The molecular weight excluding hydrogens is 308 g/mol. The van der Waals surface area contributed by atoms with Crippen molar-refractivity contribution in [1.82, 2.24) is 15.5 Å². The first-order valence-electron chi connectivity index (χ1n) is 5.68. The lowest BCUT2D eigenvalue weighted by Crippen LogP contribution is -2.24. The highest BCUT2D eigenvalue weighted by atomic mass is 79.9. The molecule has 0 aliphatic heterocycles. The molecule has 5 nitrogen and oxygen atoms in total. The van der Waals surface area contributed by atoms with E-state index in [0.29, 0.717) is 23.5 Å². The first kappa shape index (κ1) is 13.5. The number of hydrogen-bond donors (Lipinski definition) is 2. The van der Waals surface area contributed by atoms with E-state index in [0.717, 1.165) is 10.0 Å². The molecule has 2 rings (SSSR count). The third-order valence-corrected chi connectivity index (χ3v) is 3.17. The summed E-state index contributed by atoms with van der Waals surface area (Å²) in [6.45, 7) is 2.15. The van der Waals surface area contributed by atoms with Gasteiger partial charge in [-0.1, -0.05) is 15.9 Å². The van der Waals surface area contributed by atoms with Gasteiger partial charge in [0.2, 0.25) is 0 Å². The van der Waals surface area contributed by atoms with E-state index in [1.165, 1.54) is 0 Å². The zero-order chi connectivity index (χ0) is 13.8. The third-order valence-electron chi connectivity index (χ3n) is 2.71. The maximum atomic E-state index is 12.1. The Morgan fingerprint density at radius 1 is 1.47 bits per heavy atom. The Bertz CT molecular complexity index is 601. The highest BCUT2D eigenvalue weighted by Crippen LogP contribution is 2.22. The van der Waals surface area contributed by atoms with Gasteiger partial charge >= 0.3 is 0 Å². The molecule has 0 unspecified atom stereocenters. The van der Waals surface area contributed by atoms with Gasteiger partial charge in [-0.3, -0.25) is 4.79 Å². The van der Waals surface area contributed by atoms with Crippen molar-refractivity contribution in [3.63, 3.8) is 0 Å². The fraction of sp³-hybridized carbons (Fsp3) is 0.154. The molecule has 1 aromatic heterocycles. The lowest BCUT2D eigenvalue weighted by atomic mass is 10.1. The summed E-state index contributed by atoms with van der Waals surface area (Å²) in [6, 6.07) is 7.10. The van der Waals surface area contributed by atoms with Crippen molar-refractivity contribution in [3.05, 3.63) is 51.8 Å². The molecule has 0 saturated carbocycles. The van der Waals surface area contributed by atoms with Gasteiger partial charge in [0.15, 0.2) is 0 Å². The number of nitrogens with two attached hydrogens (primary N) is 1. The predicted octanol–water partition coefficient (Wildman–Crippen LogP) is 2.06. The number of aromatic nitrogens is 2. The molecule has 3 N–H and O–H groups in total. The Hall–Kier alpha value is -1.95. The quantitative estimate of drug-likeness (QED) is 0.848. The highest BCUT2D eigenvalue weighted by Gasteiger charge is 2.12. The molecule has 0 bridgehead atoms. The lowest BCUT2D eigenvalue weighted by Gasteiger charge is -2.10. The van der Waals surface area contributed by atoms with E-state index in [1.807, 2.05) is 6.92 Å². The minimum atomic E-state index is -0.184. The molecule has 1 heterocycles. The van der Waals surface area contributed by atoms with E-state index < -0.39 is 0 Å². The number of benzene rings is 1. The van der Waals surface area contributed by atoms with Gasteiger partial charge < -0.3 is 11.1 Å². The van der Waals surface area contributed by atoms with Gasteiger partial charge in [0.1, 0.15) is 0 Å². The molecule has 1 amide bonds. The molecule has 0 aliphatic rings. The Balaban J connectivity index is 2.13. The largest absolute Gasteiger partial charge is 0.398 e. The van der Waals surface area contributed by atoms with Gasteiger partial charge in [-0.25, -0.2) is 0 Å². The van der Waals surface area contributed by atoms with Crippen LogP contribution in [0.15, 0.2) is 34.9 Å². The van der Waals surface area contributed by atoms with E-state index in [1.54, 1.807) is 30.5 Å². The molecule has 0 spiro atoms. The van der Waals surface area contributed by atoms with Gasteiger partial charge in [0, 0.05) is 21.9 Å². The van der Waals surface area contributed by atoms with Crippen molar-refractivity contribution in [2.75, 3.05) is 5.73 Å². The highest BCUT2D eigenvalue weighted by molar-refractivity contribution is 9.10. The van der Waals surface area contributed by atoms with Crippen molar-refractivity contribution in [3.8, 4) is 0 Å². The summed E-state index contributed by atoms with van der Waals surface area (Å²) in [6.07, 6.45) is 1.59. The molecule has 0 radical (unpaired) electrons. The normalized spacial score (nSPS) is 10.2. The van der Waals surface area contributed by atoms with Gasteiger partial charge in [-0.05, 0) is 36.8 Å².